The molecular weight excluding hydrogens is 204 g/mol. The molecule has 0 aromatic carbocycles. The number of hydrogen-bond acceptors (Lipinski definition) is 5. The van der Waals surface area contributed by atoms with Gasteiger partial charge in [0.15, 0.2) is 11.6 Å². The summed E-state index contributed by atoms with van der Waals surface area (Å²) in [5.74, 6) is 7.83. The van der Waals surface area contributed by atoms with Crippen LogP contribution in [0.5, 0.6) is 0 Å². The molecule has 5 heteroatoms. The first-order valence-corrected chi connectivity index (χ1v) is 5.26. The molecule has 1 aliphatic rings. The van der Waals surface area contributed by atoms with Gasteiger partial charge in [-0.25, -0.2) is 15.8 Å². The molecule has 3 N–H and O–H groups in total. The van der Waals surface area contributed by atoms with Gasteiger partial charge in [0.1, 0.15) is 5.82 Å². The summed E-state index contributed by atoms with van der Waals surface area (Å²) in [5.41, 5.74) is 3.60. The maximum absolute atomic E-state index is 5.39. The van der Waals surface area contributed by atoms with Crippen LogP contribution in [-0.4, -0.2) is 9.97 Å². The molecule has 0 spiro atoms. The Hall–Kier alpha value is -1.88. The van der Waals surface area contributed by atoms with Crippen molar-refractivity contribution in [2.75, 3.05) is 5.43 Å². The predicted octanol–water partition coefficient (Wildman–Crippen LogP) is 1.90. The second-order valence-corrected chi connectivity index (χ2v) is 3.90. The average molecular weight is 216 g/mol. The number of nitrogens with zero attached hydrogens (tertiary/aromatic N) is 2. The Balaban J connectivity index is 2.06. The lowest BCUT2D eigenvalue weighted by atomic mass is 10.2. The van der Waals surface area contributed by atoms with E-state index in [0.717, 1.165) is 5.69 Å². The van der Waals surface area contributed by atoms with Gasteiger partial charge in [0, 0.05) is 17.7 Å². The van der Waals surface area contributed by atoms with E-state index in [-0.39, 0.29) is 0 Å². The number of nitrogens with one attached hydrogen (secondary N) is 1. The summed E-state index contributed by atoms with van der Waals surface area (Å²) in [6.07, 6.45) is 4.00. The lowest BCUT2D eigenvalue weighted by molar-refractivity contribution is 0.577. The Morgan fingerprint density at radius 1 is 1.38 bits per heavy atom. The van der Waals surface area contributed by atoms with E-state index in [9.17, 15) is 0 Å². The molecule has 16 heavy (non-hydrogen) atoms. The molecule has 0 atom stereocenters. The van der Waals surface area contributed by atoms with E-state index in [4.69, 9.17) is 10.3 Å². The standard InChI is InChI=1S/C11H12N4O/c12-15-10-6-8(7-3-4-7)13-11(14-10)9-2-1-5-16-9/h1-2,5-7H,3-4,12H2,(H,13,14,15). The first-order chi connectivity index (χ1) is 7.86. The summed E-state index contributed by atoms with van der Waals surface area (Å²) in [6.45, 7) is 0. The zero-order valence-corrected chi connectivity index (χ0v) is 8.68. The summed E-state index contributed by atoms with van der Waals surface area (Å²) in [5, 5.41) is 0. The predicted molar refractivity (Wildman–Crippen MR) is 59.5 cm³/mol. The van der Waals surface area contributed by atoms with E-state index in [1.54, 1.807) is 6.26 Å². The summed E-state index contributed by atoms with van der Waals surface area (Å²) < 4.78 is 5.28. The number of hydrazine groups is 1. The summed E-state index contributed by atoms with van der Waals surface area (Å²) >= 11 is 0. The highest BCUT2D eigenvalue weighted by Crippen LogP contribution is 2.40. The minimum atomic E-state index is 0.559. The van der Waals surface area contributed by atoms with Crippen molar-refractivity contribution in [1.82, 2.24) is 9.97 Å². The zero-order chi connectivity index (χ0) is 11.0. The summed E-state index contributed by atoms with van der Waals surface area (Å²) in [6, 6.07) is 5.55. The number of nitrogens with two attached hydrogens (primary N) is 1. The molecule has 1 aliphatic carbocycles. The van der Waals surface area contributed by atoms with Crippen molar-refractivity contribution < 1.29 is 4.42 Å². The quantitative estimate of drug-likeness (QED) is 0.605. The molecule has 1 saturated carbocycles. The Morgan fingerprint density at radius 3 is 2.88 bits per heavy atom. The molecule has 0 radical (unpaired) electrons. The van der Waals surface area contributed by atoms with Crippen molar-refractivity contribution in [3.63, 3.8) is 0 Å². The molecule has 3 rings (SSSR count). The van der Waals surface area contributed by atoms with E-state index in [2.05, 4.69) is 15.4 Å². The number of nitrogen functional groups attached to an aromatic ring is 1. The summed E-state index contributed by atoms with van der Waals surface area (Å²) in [4.78, 5) is 8.75. The third-order valence-electron chi connectivity index (χ3n) is 2.63. The molecule has 1 fully saturated rings. The van der Waals surface area contributed by atoms with Crippen LogP contribution in [0.15, 0.2) is 28.9 Å². The fourth-order valence-electron chi connectivity index (χ4n) is 1.64. The highest BCUT2D eigenvalue weighted by molar-refractivity contribution is 5.51. The van der Waals surface area contributed by atoms with Gasteiger partial charge in [0.2, 0.25) is 0 Å². The highest BCUT2D eigenvalue weighted by atomic mass is 16.3. The SMILES string of the molecule is NNc1cc(C2CC2)nc(-c2ccco2)n1. The number of furan rings is 1. The third-order valence-corrected chi connectivity index (χ3v) is 2.63. The second kappa shape index (κ2) is 3.61. The number of hydrogen-bond donors (Lipinski definition) is 2. The van der Waals surface area contributed by atoms with Crippen LogP contribution in [0.2, 0.25) is 0 Å². The van der Waals surface area contributed by atoms with Crippen molar-refractivity contribution in [3.05, 3.63) is 30.2 Å². The van der Waals surface area contributed by atoms with Gasteiger partial charge in [-0.2, -0.15) is 0 Å². The van der Waals surface area contributed by atoms with Gasteiger partial charge in [-0.05, 0) is 25.0 Å². The van der Waals surface area contributed by atoms with E-state index in [1.165, 1.54) is 12.8 Å². The van der Waals surface area contributed by atoms with Crippen LogP contribution in [-0.2, 0) is 0 Å². The normalized spacial score (nSPS) is 15.1. The molecule has 0 unspecified atom stereocenters. The molecule has 2 aromatic rings. The molecule has 0 saturated heterocycles. The lowest BCUT2D eigenvalue weighted by Gasteiger charge is -2.05. The molecule has 2 heterocycles. The van der Waals surface area contributed by atoms with Crippen LogP contribution in [0.4, 0.5) is 5.82 Å². The fraction of sp³-hybridized carbons (Fsp3) is 0.273. The largest absolute Gasteiger partial charge is 0.461 e. The first-order valence-electron chi connectivity index (χ1n) is 5.26. The zero-order valence-electron chi connectivity index (χ0n) is 8.68. The molecule has 2 aromatic heterocycles. The Kier molecular flexibility index (Phi) is 2.11. The number of anilines is 1. The average Bonchev–Trinajstić information content (AvgIpc) is 3.04. The molecule has 82 valence electrons. The van der Waals surface area contributed by atoms with E-state index >= 15 is 0 Å². The van der Waals surface area contributed by atoms with Gasteiger partial charge in [-0.1, -0.05) is 0 Å². The van der Waals surface area contributed by atoms with Crippen LogP contribution < -0.4 is 11.3 Å². The Labute approximate surface area is 92.7 Å². The van der Waals surface area contributed by atoms with Gasteiger partial charge in [-0.15, -0.1) is 0 Å². The van der Waals surface area contributed by atoms with Gasteiger partial charge in [0.25, 0.3) is 0 Å². The Bertz CT molecular complexity index is 491. The van der Waals surface area contributed by atoms with Gasteiger partial charge >= 0.3 is 0 Å². The van der Waals surface area contributed by atoms with Gasteiger partial charge < -0.3 is 9.84 Å². The Morgan fingerprint density at radius 2 is 2.25 bits per heavy atom. The fourth-order valence-corrected chi connectivity index (χ4v) is 1.64. The van der Waals surface area contributed by atoms with E-state index in [1.807, 2.05) is 18.2 Å². The van der Waals surface area contributed by atoms with Crippen LogP contribution >= 0.6 is 0 Å². The van der Waals surface area contributed by atoms with Crippen LogP contribution in [0.1, 0.15) is 24.5 Å². The van der Waals surface area contributed by atoms with Gasteiger partial charge in [0.05, 0.1) is 6.26 Å². The molecule has 0 amide bonds. The molecule has 0 aliphatic heterocycles. The first kappa shape index (κ1) is 9.35. The topological polar surface area (TPSA) is 77.0 Å². The van der Waals surface area contributed by atoms with Gasteiger partial charge in [-0.3, -0.25) is 0 Å². The van der Waals surface area contributed by atoms with E-state index < -0.39 is 0 Å². The maximum atomic E-state index is 5.39. The number of rotatable bonds is 3. The molecule has 5 nitrogen and oxygen atoms in total. The number of aromatic nitrogens is 2. The smallest absolute Gasteiger partial charge is 0.197 e. The minimum absolute atomic E-state index is 0.559. The van der Waals surface area contributed by atoms with Crippen LogP contribution in [0, 0.1) is 0 Å². The second-order valence-electron chi connectivity index (χ2n) is 3.90. The van der Waals surface area contributed by atoms with Crippen molar-refractivity contribution in [3.8, 4) is 11.6 Å². The highest BCUT2D eigenvalue weighted by Gasteiger charge is 2.26. The van der Waals surface area contributed by atoms with Crippen molar-refractivity contribution in [2.45, 2.75) is 18.8 Å². The third kappa shape index (κ3) is 1.65. The maximum Gasteiger partial charge on any atom is 0.197 e. The van der Waals surface area contributed by atoms with Crippen LogP contribution in [0.25, 0.3) is 11.6 Å². The molecular formula is C11H12N4O. The molecule has 0 bridgehead atoms. The summed E-state index contributed by atoms with van der Waals surface area (Å²) in [7, 11) is 0. The van der Waals surface area contributed by atoms with Crippen molar-refractivity contribution in [2.24, 2.45) is 5.84 Å². The van der Waals surface area contributed by atoms with Crippen LogP contribution in [0.3, 0.4) is 0 Å². The lowest BCUT2D eigenvalue weighted by Crippen LogP contribution is -2.10. The minimum Gasteiger partial charge on any atom is -0.461 e. The van der Waals surface area contributed by atoms with Crippen molar-refractivity contribution in [1.29, 1.82) is 0 Å². The van der Waals surface area contributed by atoms with E-state index in [0.29, 0.717) is 23.3 Å². The monoisotopic (exact) mass is 216 g/mol. The van der Waals surface area contributed by atoms with Crippen molar-refractivity contribution >= 4 is 5.82 Å².